The Balaban J connectivity index is 3.16. The van der Waals surface area contributed by atoms with E-state index in [1.165, 1.54) is 0 Å². The van der Waals surface area contributed by atoms with E-state index in [-0.39, 0.29) is 17.8 Å². The van der Waals surface area contributed by atoms with E-state index >= 15 is 0 Å². The quantitative estimate of drug-likeness (QED) is 0.497. The Labute approximate surface area is 114 Å². The van der Waals surface area contributed by atoms with Crippen LogP contribution in [0.2, 0.25) is 0 Å². The van der Waals surface area contributed by atoms with Gasteiger partial charge >= 0.3 is 5.97 Å². The fourth-order valence-corrected chi connectivity index (χ4v) is 1.81. The zero-order valence-electron chi connectivity index (χ0n) is 12.0. The number of carbonyl (C=O) groups is 1. The number of ether oxygens (including phenoxy) is 1. The highest BCUT2D eigenvalue weighted by molar-refractivity contribution is 6.07. The molecular formula is C15H22N2O2. The maximum atomic E-state index is 11.6. The van der Waals surface area contributed by atoms with Crippen LogP contribution in [0.1, 0.15) is 38.8 Å². The summed E-state index contributed by atoms with van der Waals surface area (Å²) in [5, 5.41) is 8.28. The van der Waals surface area contributed by atoms with Crippen molar-refractivity contribution in [3.63, 3.8) is 0 Å². The van der Waals surface area contributed by atoms with Crippen molar-refractivity contribution in [1.29, 1.82) is 5.41 Å². The Kier molecular flexibility index (Phi) is 4.70. The second kappa shape index (κ2) is 5.87. The molecule has 1 aromatic rings. The minimum absolute atomic E-state index is 0.146. The monoisotopic (exact) mass is 262 g/mol. The number of rotatable bonds is 4. The van der Waals surface area contributed by atoms with Crippen LogP contribution in [-0.2, 0) is 16.0 Å². The van der Waals surface area contributed by atoms with Gasteiger partial charge in [0.2, 0.25) is 0 Å². The van der Waals surface area contributed by atoms with Gasteiger partial charge in [0.1, 0.15) is 0 Å². The number of nitrogens with one attached hydrogen (secondary N) is 1. The SMILES string of the molecule is CCOC(=O)Cc1cccc(N)c1C(=N)C(C)(C)C. The van der Waals surface area contributed by atoms with Gasteiger partial charge in [0.05, 0.1) is 13.0 Å². The summed E-state index contributed by atoms with van der Waals surface area (Å²) in [6.45, 7) is 7.99. The zero-order valence-corrected chi connectivity index (χ0v) is 12.0. The van der Waals surface area contributed by atoms with E-state index in [1.54, 1.807) is 19.1 Å². The Morgan fingerprint density at radius 3 is 2.53 bits per heavy atom. The molecule has 0 saturated carbocycles. The largest absolute Gasteiger partial charge is 0.466 e. The zero-order chi connectivity index (χ0) is 14.6. The first-order chi connectivity index (χ1) is 8.77. The molecule has 0 aromatic heterocycles. The predicted molar refractivity (Wildman–Crippen MR) is 77.5 cm³/mol. The second-order valence-electron chi connectivity index (χ2n) is 5.49. The molecule has 104 valence electrons. The molecule has 0 atom stereocenters. The first kappa shape index (κ1) is 15.2. The molecular weight excluding hydrogens is 240 g/mol. The number of hydrogen-bond donors (Lipinski definition) is 2. The standard InChI is InChI=1S/C15H22N2O2/c1-5-19-12(18)9-10-7-6-8-11(16)13(10)14(17)15(2,3)4/h6-8,17H,5,9,16H2,1-4H3. The van der Waals surface area contributed by atoms with Crippen LogP contribution < -0.4 is 5.73 Å². The van der Waals surface area contributed by atoms with E-state index in [9.17, 15) is 4.79 Å². The summed E-state index contributed by atoms with van der Waals surface area (Å²) in [7, 11) is 0. The van der Waals surface area contributed by atoms with Gasteiger partial charge in [0.15, 0.2) is 0 Å². The highest BCUT2D eigenvalue weighted by atomic mass is 16.5. The van der Waals surface area contributed by atoms with Crippen molar-refractivity contribution < 1.29 is 9.53 Å². The first-order valence-electron chi connectivity index (χ1n) is 6.39. The van der Waals surface area contributed by atoms with Crippen LogP contribution in [0.3, 0.4) is 0 Å². The van der Waals surface area contributed by atoms with Gasteiger partial charge < -0.3 is 15.9 Å². The molecule has 0 saturated heterocycles. The summed E-state index contributed by atoms with van der Waals surface area (Å²) in [6.07, 6.45) is 0.146. The van der Waals surface area contributed by atoms with Gasteiger partial charge in [-0.1, -0.05) is 32.9 Å². The highest BCUT2D eigenvalue weighted by Crippen LogP contribution is 2.27. The summed E-state index contributed by atoms with van der Waals surface area (Å²) < 4.78 is 4.96. The lowest BCUT2D eigenvalue weighted by atomic mass is 9.82. The van der Waals surface area contributed by atoms with Crippen LogP contribution in [0.15, 0.2) is 18.2 Å². The number of nitrogens with two attached hydrogens (primary N) is 1. The van der Waals surface area contributed by atoms with Gasteiger partial charge in [-0.05, 0) is 18.6 Å². The maximum absolute atomic E-state index is 11.6. The van der Waals surface area contributed by atoms with Gasteiger partial charge in [-0.2, -0.15) is 0 Å². The Morgan fingerprint density at radius 2 is 2.00 bits per heavy atom. The molecule has 0 spiro atoms. The molecule has 0 amide bonds. The van der Waals surface area contributed by atoms with Crippen LogP contribution in [0.5, 0.6) is 0 Å². The maximum Gasteiger partial charge on any atom is 0.310 e. The van der Waals surface area contributed by atoms with Crippen molar-refractivity contribution in [3.8, 4) is 0 Å². The fraction of sp³-hybridized carbons (Fsp3) is 0.467. The van der Waals surface area contributed by atoms with Crippen LogP contribution in [-0.4, -0.2) is 18.3 Å². The lowest BCUT2D eigenvalue weighted by Crippen LogP contribution is -2.24. The average Bonchev–Trinajstić information content (AvgIpc) is 2.27. The van der Waals surface area contributed by atoms with Crippen molar-refractivity contribution in [2.24, 2.45) is 5.41 Å². The summed E-state index contributed by atoms with van der Waals surface area (Å²) >= 11 is 0. The second-order valence-corrected chi connectivity index (χ2v) is 5.49. The Bertz CT molecular complexity index is 487. The molecule has 19 heavy (non-hydrogen) atoms. The Morgan fingerprint density at radius 1 is 1.37 bits per heavy atom. The molecule has 0 aliphatic carbocycles. The molecule has 0 heterocycles. The molecule has 0 fully saturated rings. The smallest absolute Gasteiger partial charge is 0.310 e. The number of benzene rings is 1. The number of carbonyl (C=O) groups excluding carboxylic acids is 1. The summed E-state index contributed by atoms with van der Waals surface area (Å²) in [6, 6.07) is 5.37. The van der Waals surface area contributed by atoms with Crippen molar-refractivity contribution in [1.82, 2.24) is 0 Å². The van der Waals surface area contributed by atoms with Crippen molar-refractivity contribution in [2.75, 3.05) is 12.3 Å². The number of esters is 1. The average molecular weight is 262 g/mol. The third-order valence-corrected chi connectivity index (χ3v) is 2.82. The summed E-state index contributed by atoms with van der Waals surface area (Å²) in [4.78, 5) is 11.6. The van der Waals surface area contributed by atoms with Crippen LogP contribution in [0, 0.1) is 10.8 Å². The molecule has 4 nitrogen and oxygen atoms in total. The minimum Gasteiger partial charge on any atom is -0.466 e. The number of nitrogen functional groups attached to an aromatic ring is 1. The van der Waals surface area contributed by atoms with Gasteiger partial charge in [-0.25, -0.2) is 0 Å². The number of hydrogen-bond acceptors (Lipinski definition) is 4. The van der Waals surface area contributed by atoms with E-state index < -0.39 is 0 Å². The molecule has 1 aromatic carbocycles. The Hall–Kier alpha value is -1.84. The van der Waals surface area contributed by atoms with Crippen molar-refractivity contribution in [3.05, 3.63) is 29.3 Å². The molecule has 0 unspecified atom stereocenters. The summed E-state index contributed by atoms with van der Waals surface area (Å²) in [5.74, 6) is -0.295. The molecule has 4 heteroatoms. The van der Waals surface area contributed by atoms with E-state index in [0.29, 0.717) is 23.6 Å². The topological polar surface area (TPSA) is 76.2 Å². The van der Waals surface area contributed by atoms with Gasteiger partial charge in [-0.15, -0.1) is 0 Å². The molecule has 1 rings (SSSR count). The third-order valence-electron chi connectivity index (χ3n) is 2.82. The molecule has 0 bridgehead atoms. The third kappa shape index (κ3) is 3.81. The molecule has 0 aliphatic rings. The normalized spacial score (nSPS) is 11.2. The predicted octanol–water partition coefficient (Wildman–Crippen LogP) is 2.79. The first-order valence-corrected chi connectivity index (χ1v) is 6.39. The van der Waals surface area contributed by atoms with Crippen LogP contribution in [0.4, 0.5) is 5.69 Å². The molecule has 3 N–H and O–H groups in total. The highest BCUT2D eigenvalue weighted by Gasteiger charge is 2.24. The van der Waals surface area contributed by atoms with Gasteiger partial charge in [0, 0.05) is 22.4 Å². The fourth-order valence-electron chi connectivity index (χ4n) is 1.81. The lowest BCUT2D eigenvalue weighted by molar-refractivity contribution is -0.142. The minimum atomic E-state index is -0.321. The van der Waals surface area contributed by atoms with Gasteiger partial charge in [0.25, 0.3) is 0 Å². The van der Waals surface area contributed by atoms with Crippen LogP contribution >= 0.6 is 0 Å². The van der Waals surface area contributed by atoms with E-state index in [1.807, 2.05) is 26.8 Å². The van der Waals surface area contributed by atoms with Gasteiger partial charge in [-0.3, -0.25) is 4.79 Å². The van der Waals surface area contributed by atoms with E-state index in [4.69, 9.17) is 15.9 Å². The van der Waals surface area contributed by atoms with Crippen molar-refractivity contribution in [2.45, 2.75) is 34.1 Å². The van der Waals surface area contributed by atoms with E-state index in [0.717, 1.165) is 5.56 Å². The van der Waals surface area contributed by atoms with Crippen molar-refractivity contribution >= 4 is 17.4 Å². The lowest BCUT2D eigenvalue weighted by Gasteiger charge is -2.23. The number of anilines is 1. The molecule has 0 radical (unpaired) electrons. The molecule has 0 aliphatic heterocycles. The van der Waals surface area contributed by atoms with E-state index in [2.05, 4.69) is 0 Å². The van der Waals surface area contributed by atoms with Crippen LogP contribution in [0.25, 0.3) is 0 Å². The summed E-state index contributed by atoms with van der Waals surface area (Å²) in [5.41, 5.74) is 8.02.